The molecule has 1 amide bonds. The Morgan fingerprint density at radius 1 is 1.13 bits per heavy atom. The van der Waals surface area contributed by atoms with Crippen LogP contribution in [0, 0.1) is 0 Å². The van der Waals surface area contributed by atoms with Gasteiger partial charge in [0.25, 0.3) is 10.0 Å². The zero-order valence-corrected chi connectivity index (χ0v) is 18.4. The van der Waals surface area contributed by atoms with Gasteiger partial charge in [0.2, 0.25) is 5.91 Å². The van der Waals surface area contributed by atoms with Crippen LogP contribution in [0.2, 0.25) is 0 Å². The number of nitrogens with one attached hydrogen (secondary N) is 1. The van der Waals surface area contributed by atoms with Gasteiger partial charge < -0.3 is 15.0 Å². The maximum absolute atomic E-state index is 12.6. The number of thiophene rings is 1. The number of anilines is 1. The van der Waals surface area contributed by atoms with E-state index in [4.69, 9.17) is 4.74 Å². The zero-order valence-electron chi connectivity index (χ0n) is 16.7. The Bertz CT molecular complexity index is 980. The van der Waals surface area contributed by atoms with Crippen molar-refractivity contribution in [1.82, 2.24) is 14.6 Å². The van der Waals surface area contributed by atoms with E-state index < -0.39 is 10.0 Å². The van der Waals surface area contributed by atoms with E-state index in [2.05, 4.69) is 15.2 Å². The maximum Gasteiger partial charge on any atom is 0.252 e. The standard InChI is InChI=1S/C20H26N4O4S2/c25-19(14-17-3-4-20(29-17)30(26,27)24-7-1-2-8-24)22-15-16-5-6-21-18(13-16)23-9-11-28-12-10-23/h3-6,13H,1-2,7-12,14-15H2,(H,22,25). The molecule has 0 spiro atoms. The Hall–Kier alpha value is -2.01. The minimum atomic E-state index is -3.42. The topological polar surface area (TPSA) is 91.8 Å². The molecule has 2 aromatic heterocycles. The second-order valence-corrected chi connectivity index (χ2v) is 10.7. The quantitative estimate of drug-likeness (QED) is 0.689. The number of rotatable bonds is 7. The number of carbonyl (C=O) groups is 1. The Morgan fingerprint density at radius 2 is 1.90 bits per heavy atom. The second-order valence-electron chi connectivity index (χ2n) is 7.41. The lowest BCUT2D eigenvalue weighted by Crippen LogP contribution is -2.36. The highest BCUT2D eigenvalue weighted by Gasteiger charge is 2.28. The van der Waals surface area contributed by atoms with Crippen molar-refractivity contribution >= 4 is 33.1 Å². The van der Waals surface area contributed by atoms with Gasteiger partial charge in [-0.1, -0.05) is 0 Å². The minimum absolute atomic E-state index is 0.133. The summed E-state index contributed by atoms with van der Waals surface area (Å²) in [5, 5.41) is 2.92. The zero-order chi connectivity index (χ0) is 21.0. The van der Waals surface area contributed by atoms with Gasteiger partial charge in [-0.15, -0.1) is 11.3 Å². The molecule has 0 saturated carbocycles. The number of nitrogens with zero attached hydrogens (tertiary/aromatic N) is 3. The number of sulfonamides is 1. The molecule has 162 valence electrons. The van der Waals surface area contributed by atoms with Gasteiger partial charge in [-0.2, -0.15) is 4.31 Å². The average molecular weight is 451 g/mol. The molecule has 2 fully saturated rings. The van der Waals surface area contributed by atoms with Gasteiger partial charge in [-0.05, 0) is 42.7 Å². The molecule has 2 aliphatic heterocycles. The highest BCUT2D eigenvalue weighted by atomic mass is 32.2. The normalized spacial score (nSPS) is 17.9. The van der Waals surface area contributed by atoms with Gasteiger partial charge in [0, 0.05) is 43.8 Å². The molecule has 0 bridgehead atoms. The summed E-state index contributed by atoms with van der Waals surface area (Å²) < 4.78 is 32.5. The number of hydrogen-bond acceptors (Lipinski definition) is 7. The second kappa shape index (κ2) is 9.42. The van der Waals surface area contributed by atoms with Crippen LogP contribution in [0.3, 0.4) is 0 Å². The summed E-state index contributed by atoms with van der Waals surface area (Å²) in [6, 6.07) is 7.21. The molecule has 10 heteroatoms. The first-order chi connectivity index (χ1) is 14.5. The van der Waals surface area contributed by atoms with Crippen LogP contribution >= 0.6 is 11.3 Å². The fraction of sp³-hybridized carbons (Fsp3) is 0.500. The van der Waals surface area contributed by atoms with Crippen molar-refractivity contribution in [3.8, 4) is 0 Å². The minimum Gasteiger partial charge on any atom is -0.378 e. The lowest BCUT2D eigenvalue weighted by molar-refractivity contribution is -0.120. The van der Waals surface area contributed by atoms with Gasteiger partial charge >= 0.3 is 0 Å². The molecule has 0 unspecified atom stereocenters. The van der Waals surface area contributed by atoms with Crippen LogP contribution < -0.4 is 10.2 Å². The van der Waals surface area contributed by atoms with Crippen LogP contribution in [0.15, 0.2) is 34.7 Å². The van der Waals surface area contributed by atoms with E-state index in [1.54, 1.807) is 18.3 Å². The molecule has 30 heavy (non-hydrogen) atoms. The fourth-order valence-electron chi connectivity index (χ4n) is 3.60. The van der Waals surface area contributed by atoms with E-state index in [1.165, 1.54) is 15.6 Å². The van der Waals surface area contributed by atoms with Crippen molar-refractivity contribution in [2.24, 2.45) is 0 Å². The first kappa shape index (κ1) is 21.2. The third-order valence-electron chi connectivity index (χ3n) is 5.27. The number of pyridine rings is 1. The molecule has 2 aromatic rings. The number of aromatic nitrogens is 1. The van der Waals surface area contributed by atoms with Crippen molar-refractivity contribution in [2.45, 2.75) is 30.0 Å². The lowest BCUT2D eigenvalue weighted by atomic mass is 10.2. The first-order valence-electron chi connectivity index (χ1n) is 10.2. The summed E-state index contributed by atoms with van der Waals surface area (Å²) in [7, 11) is -3.42. The highest BCUT2D eigenvalue weighted by molar-refractivity contribution is 7.91. The average Bonchev–Trinajstić information content (AvgIpc) is 3.46. The van der Waals surface area contributed by atoms with E-state index in [-0.39, 0.29) is 12.3 Å². The third-order valence-corrected chi connectivity index (χ3v) is 8.72. The van der Waals surface area contributed by atoms with E-state index in [1.807, 2.05) is 12.1 Å². The van der Waals surface area contributed by atoms with Gasteiger partial charge in [0.1, 0.15) is 10.0 Å². The molecule has 0 aliphatic carbocycles. The van der Waals surface area contributed by atoms with Crippen LogP contribution in [0.1, 0.15) is 23.3 Å². The summed E-state index contributed by atoms with van der Waals surface area (Å²) in [5.41, 5.74) is 0.975. The van der Waals surface area contributed by atoms with E-state index in [9.17, 15) is 13.2 Å². The Kier molecular flexibility index (Phi) is 6.67. The first-order valence-corrected chi connectivity index (χ1v) is 12.4. The van der Waals surface area contributed by atoms with Crippen LogP contribution in [0.25, 0.3) is 0 Å². The number of carbonyl (C=O) groups excluding carboxylic acids is 1. The Labute approximate surface area is 180 Å². The maximum atomic E-state index is 12.6. The summed E-state index contributed by atoms with van der Waals surface area (Å²) in [6.45, 7) is 4.57. The fourth-order valence-corrected chi connectivity index (χ4v) is 6.63. The number of amides is 1. The van der Waals surface area contributed by atoms with Crippen molar-refractivity contribution < 1.29 is 17.9 Å². The molecule has 0 aromatic carbocycles. The predicted molar refractivity (Wildman–Crippen MR) is 115 cm³/mol. The van der Waals surface area contributed by atoms with Crippen LogP contribution in [-0.2, 0) is 32.5 Å². The molecular weight excluding hydrogens is 424 g/mol. The lowest BCUT2D eigenvalue weighted by Gasteiger charge is -2.28. The van der Waals surface area contributed by atoms with Gasteiger partial charge in [0.05, 0.1) is 19.6 Å². The van der Waals surface area contributed by atoms with Gasteiger partial charge in [-0.25, -0.2) is 13.4 Å². The van der Waals surface area contributed by atoms with Crippen molar-refractivity contribution in [2.75, 3.05) is 44.3 Å². The monoisotopic (exact) mass is 450 g/mol. The summed E-state index contributed by atoms with van der Waals surface area (Å²) in [6.07, 6.45) is 3.73. The molecule has 2 saturated heterocycles. The molecule has 4 rings (SSSR count). The van der Waals surface area contributed by atoms with Crippen molar-refractivity contribution in [3.05, 3.63) is 40.9 Å². The van der Waals surface area contributed by atoms with E-state index >= 15 is 0 Å². The van der Waals surface area contributed by atoms with Crippen LogP contribution in [0.5, 0.6) is 0 Å². The van der Waals surface area contributed by atoms with E-state index in [0.29, 0.717) is 37.1 Å². The Morgan fingerprint density at radius 3 is 2.67 bits per heavy atom. The van der Waals surface area contributed by atoms with Crippen molar-refractivity contribution in [1.29, 1.82) is 0 Å². The molecule has 8 nitrogen and oxygen atoms in total. The SMILES string of the molecule is O=C(Cc1ccc(S(=O)(=O)N2CCCC2)s1)NCc1ccnc(N2CCOCC2)c1. The summed E-state index contributed by atoms with van der Waals surface area (Å²) >= 11 is 1.18. The van der Waals surface area contributed by atoms with Crippen molar-refractivity contribution in [3.63, 3.8) is 0 Å². The molecule has 0 radical (unpaired) electrons. The predicted octanol–water partition coefficient (Wildman–Crippen LogP) is 1.62. The number of morpholine rings is 1. The number of ether oxygens (including phenoxy) is 1. The molecule has 0 atom stereocenters. The van der Waals surface area contributed by atoms with Crippen LogP contribution in [0.4, 0.5) is 5.82 Å². The molecular formula is C20H26N4O4S2. The van der Waals surface area contributed by atoms with Gasteiger partial charge in [-0.3, -0.25) is 4.79 Å². The van der Waals surface area contributed by atoms with Gasteiger partial charge in [0.15, 0.2) is 0 Å². The molecule has 4 heterocycles. The largest absolute Gasteiger partial charge is 0.378 e. The molecule has 2 aliphatic rings. The summed E-state index contributed by atoms with van der Waals surface area (Å²) in [4.78, 5) is 19.7. The molecule has 1 N–H and O–H groups in total. The Balaban J connectivity index is 1.32. The smallest absolute Gasteiger partial charge is 0.252 e. The third kappa shape index (κ3) is 5.00. The highest BCUT2D eigenvalue weighted by Crippen LogP contribution is 2.27. The van der Waals surface area contributed by atoms with Crippen LogP contribution in [-0.4, -0.2) is 63.0 Å². The summed E-state index contributed by atoms with van der Waals surface area (Å²) in [5.74, 6) is 0.756. The van der Waals surface area contributed by atoms with E-state index in [0.717, 1.165) is 42.2 Å². The number of hydrogen-bond donors (Lipinski definition) is 1.